The van der Waals surface area contributed by atoms with Crippen molar-refractivity contribution in [2.24, 2.45) is 0 Å². The minimum Gasteiger partial charge on any atom is -0.493 e. The molecule has 26 heavy (non-hydrogen) atoms. The Labute approximate surface area is 153 Å². The number of hydrogen-bond acceptors (Lipinski definition) is 6. The standard InChI is InChI=1S/C20H24N4O2/c1-5-25-19-9-7-6-8-16(19)20-23-18(15(3)26-20)12-24(4)14(2)17-10-11-21-13-22-17/h6-11,13-14H,5,12H2,1-4H3. The summed E-state index contributed by atoms with van der Waals surface area (Å²) < 4.78 is 11.6. The highest BCUT2D eigenvalue weighted by Crippen LogP contribution is 2.31. The molecule has 1 aromatic carbocycles. The molecule has 0 bridgehead atoms. The van der Waals surface area contributed by atoms with Crippen LogP contribution in [0.5, 0.6) is 5.75 Å². The summed E-state index contributed by atoms with van der Waals surface area (Å²) in [5.74, 6) is 2.18. The van der Waals surface area contributed by atoms with Crippen molar-refractivity contribution in [3.8, 4) is 17.2 Å². The van der Waals surface area contributed by atoms with Gasteiger partial charge in [0.2, 0.25) is 5.89 Å². The number of nitrogens with zero attached hydrogens (tertiary/aromatic N) is 4. The minimum absolute atomic E-state index is 0.147. The Bertz CT molecular complexity index is 848. The van der Waals surface area contributed by atoms with Crippen LogP contribution in [-0.4, -0.2) is 33.5 Å². The lowest BCUT2D eigenvalue weighted by Crippen LogP contribution is -2.23. The molecule has 0 aliphatic rings. The van der Waals surface area contributed by atoms with Gasteiger partial charge < -0.3 is 9.15 Å². The molecule has 0 amide bonds. The third-order valence-corrected chi connectivity index (χ3v) is 4.40. The molecule has 0 N–H and O–H groups in total. The van der Waals surface area contributed by atoms with Gasteiger partial charge in [-0.15, -0.1) is 0 Å². The highest BCUT2D eigenvalue weighted by Gasteiger charge is 2.19. The molecular formula is C20H24N4O2. The van der Waals surface area contributed by atoms with Gasteiger partial charge >= 0.3 is 0 Å². The molecule has 0 aliphatic carbocycles. The number of oxazole rings is 1. The maximum absolute atomic E-state index is 5.93. The summed E-state index contributed by atoms with van der Waals surface area (Å²) in [6.07, 6.45) is 3.33. The van der Waals surface area contributed by atoms with Crippen molar-refractivity contribution in [1.29, 1.82) is 0 Å². The molecule has 2 aromatic heterocycles. The van der Waals surface area contributed by atoms with E-state index in [-0.39, 0.29) is 6.04 Å². The van der Waals surface area contributed by atoms with Crippen molar-refractivity contribution in [2.45, 2.75) is 33.4 Å². The van der Waals surface area contributed by atoms with E-state index in [4.69, 9.17) is 14.1 Å². The molecule has 3 aromatic rings. The van der Waals surface area contributed by atoms with Crippen molar-refractivity contribution < 1.29 is 9.15 Å². The monoisotopic (exact) mass is 352 g/mol. The van der Waals surface area contributed by atoms with Crippen LogP contribution >= 0.6 is 0 Å². The summed E-state index contributed by atoms with van der Waals surface area (Å²) in [5, 5.41) is 0. The number of para-hydroxylation sites is 1. The zero-order valence-corrected chi connectivity index (χ0v) is 15.6. The van der Waals surface area contributed by atoms with Crippen molar-refractivity contribution in [1.82, 2.24) is 19.9 Å². The molecule has 0 radical (unpaired) electrons. The molecular weight excluding hydrogens is 328 g/mol. The normalized spacial score (nSPS) is 12.3. The van der Waals surface area contributed by atoms with Crippen LogP contribution in [0.25, 0.3) is 11.5 Å². The molecule has 0 saturated carbocycles. The Morgan fingerprint density at radius 2 is 2.04 bits per heavy atom. The zero-order chi connectivity index (χ0) is 18.5. The summed E-state index contributed by atoms with van der Waals surface area (Å²) in [6.45, 7) is 7.29. The highest BCUT2D eigenvalue weighted by molar-refractivity contribution is 5.63. The van der Waals surface area contributed by atoms with E-state index in [1.165, 1.54) is 0 Å². The number of aryl methyl sites for hydroxylation is 1. The fourth-order valence-corrected chi connectivity index (χ4v) is 2.76. The zero-order valence-electron chi connectivity index (χ0n) is 15.6. The van der Waals surface area contributed by atoms with Crippen molar-refractivity contribution in [2.75, 3.05) is 13.7 Å². The van der Waals surface area contributed by atoms with Gasteiger partial charge in [0.15, 0.2) is 0 Å². The van der Waals surface area contributed by atoms with Gasteiger partial charge in [-0.3, -0.25) is 4.90 Å². The summed E-state index contributed by atoms with van der Waals surface area (Å²) in [5.41, 5.74) is 2.76. The van der Waals surface area contributed by atoms with Crippen LogP contribution in [0.3, 0.4) is 0 Å². The molecule has 1 atom stereocenters. The van der Waals surface area contributed by atoms with Crippen LogP contribution < -0.4 is 4.74 Å². The van der Waals surface area contributed by atoms with Crippen LogP contribution in [0.2, 0.25) is 0 Å². The Hall–Kier alpha value is -2.73. The summed E-state index contributed by atoms with van der Waals surface area (Å²) in [6, 6.07) is 9.88. The number of aromatic nitrogens is 3. The van der Waals surface area contributed by atoms with Gasteiger partial charge in [0.1, 0.15) is 17.8 Å². The molecule has 6 nitrogen and oxygen atoms in total. The number of rotatable bonds is 7. The number of hydrogen-bond donors (Lipinski definition) is 0. The number of ether oxygens (including phenoxy) is 1. The summed E-state index contributed by atoms with van der Waals surface area (Å²) >= 11 is 0. The van der Waals surface area contributed by atoms with E-state index in [0.29, 0.717) is 19.0 Å². The van der Waals surface area contributed by atoms with Gasteiger partial charge in [-0.2, -0.15) is 0 Å². The van der Waals surface area contributed by atoms with E-state index in [9.17, 15) is 0 Å². The molecule has 0 saturated heterocycles. The highest BCUT2D eigenvalue weighted by atomic mass is 16.5. The largest absolute Gasteiger partial charge is 0.493 e. The van der Waals surface area contributed by atoms with E-state index in [1.54, 1.807) is 12.5 Å². The lowest BCUT2D eigenvalue weighted by Gasteiger charge is -2.23. The maximum atomic E-state index is 5.93. The second-order valence-electron chi connectivity index (χ2n) is 6.18. The second kappa shape index (κ2) is 8.10. The second-order valence-corrected chi connectivity index (χ2v) is 6.18. The van der Waals surface area contributed by atoms with E-state index in [1.807, 2.05) is 44.2 Å². The molecule has 136 valence electrons. The van der Waals surface area contributed by atoms with Crippen LogP contribution in [0.1, 0.15) is 37.0 Å². The quantitative estimate of drug-likeness (QED) is 0.640. The van der Waals surface area contributed by atoms with Gasteiger partial charge in [-0.1, -0.05) is 12.1 Å². The van der Waals surface area contributed by atoms with E-state index >= 15 is 0 Å². The Morgan fingerprint density at radius 1 is 1.23 bits per heavy atom. The van der Waals surface area contributed by atoms with Crippen molar-refractivity contribution >= 4 is 0 Å². The van der Waals surface area contributed by atoms with Crippen LogP contribution in [0.4, 0.5) is 0 Å². The lowest BCUT2D eigenvalue weighted by atomic mass is 10.2. The van der Waals surface area contributed by atoms with E-state index < -0.39 is 0 Å². The molecule has 6 heteroatoms. The smallest absolute Gasteiger partial charge is 0.230 e. The predicted octanol–water partition coefficient (Wildman–Crippen LogP) is 4.03. The first-order valence-electron chi connectivity index (χ1n) is 8.74. The summed E-state index contributed by atoms with van der Waals surface area (Å²) in [4.78, 5) is 15.2. The van der Waals surface area contributed by atoms with Gasteiger partial charge in [0.05, 0.1) is 23.6 Å². The first kappa shape index (κ1) is 18.1. The first-order valence-corrected chi connectivity index (χ1v) is 8.74. The van der Waals surface area contributed by atoms with E-state index in [0.717, 1.165) is 28.5 Å². The fraction of sp³-hybridized carbons (Fsp3) is 0.350. The predicted molar refractivity (Wildman–Crippen MR) is 99.8 cm³/mol. The number of benzene rings is 1. The summed E-state index contributed by atoms with van der Waals surface area (Å²) in [7, 11) is 2.05. The van der Waals surface area contributed by atoms with Gasteiger partial charge in [-0.05, 0) is 46.0 Å². The molecule has 3 rings (SSSR count). The maximum Gasteiger partial charge on any atom is 0.230 e. The molecule has 1 unspecified atom stereocenters. The van der Waals surface area contributed by atoms with Gasteiger partial charge in [-0.25, -0.2) is 15.0 Å². The first-order chi connectivity index (χ1) is 12.6. The lowest BCUT2D eigenvalue weighted by molar-refractivity contribution is 0.244. The average Bonchev–Trinajstić information content (AvgIpc) is 3.03. The van der Waals surface area contributed by atoms with Crippen molar-refractivity contribution in [3.05, 3.63) is 60.0 Å². The Morgan fingerprint density at radius 3 is 2.77 bits per heavy atom. The third kappa shape index (κ3) is 3.91. The van der Waals surface area contributed by atoms with Gasteiger partial charge in [0.25, 0.3) is 0 Å². The SMILES string of the molecule is CCOc1ccccc1-c1nc(CN(C)C(C)c2ccncn2)c(C)o1. The minimum atomic E-state index is 0.147. The topological polar surface area (TPSA) is 64.3 Å². The Kier molecular flexibility index (Phi) is 5.63. The Balaban J connectivity index is 1.81. The molecule has 2 heterocycles. The van der Waals surface area contributed by atoms with Crippen molar-refractivity contribution in [3.63, 3.8) is 0 Å². The van der Waals surface area contributed by atoms with Crippen LogP contribution in [-0.2, 0) is 6.54 Å². The third-order valence-electron chi connectivity index (χ3n) is 4.40. The molecule has 0 fully saturated rings. The van der Waals surface area contributed by atoms with Crippen LogP contribution in [0.15, 0.2) is 47.3 Å². The fourth-order valence-electron chi connectivity index (χ4n) is 2.76. The molecule has 0 spiro atoms. The van der Waals surface area contributed by atoms with Crippen LogP contribution in [0, 0.1) is 6.92 Å². The van der Waals surface area contributed by atoms with E-state index in [2.05, 4.69) is 28.8 Å². The van der Waals surface area contributed by atoms with Gasteiger partial charge in [0, 0.05) is 18.8 Å². The average molecular weight is 352 g/mol. The molecule has 0 aliphatic heterocycles.